The number of hydrogen-bond acceptors (Lipinski definition) is 4. The fourth-order valence-corrected chi connectivity index (χ4v) is 2.17. The molecule has 0 saturated carbocycles. The van der Waals surface area contributed by atoms with Crippen molar-refractivity contribution in [1.82, 2.24) is 4.90 Å². The first kappa shape index (κ1) is 12.7. The first-order valence-corrected chi connectivity index (χ1v) is 5.89. The zero-order valence-corrected chi connectivity index (χ0v) is 9.87. The van der Waals surface area contributed by atoms with Gasteiger partial charge in [0.1, 0.15) is 0 Å². The molecule has 5 heteroatoms. The molecule has 2 amide bonds. The van der Waals surface area contributed by atoms with Crippen LogP contribution in [-0.2, 0) is 0 Å². The third kappa shape index (κ3) is 2.02. The molecule has 1 aromatic rings. The summed E-state index contributed by atoms with van der Waals surface area (Å²) in [6, 6.07) is 6.06. The normalized spacial score (nSPS) is 16.0. The van der Waals surface area contributed by atoms with Crippen LogP contribution in [0.2, 0.25) is 0 Å². The molecule has 0 bridgehead atoms. The van der Waals surface area contributed by atoms with Gasteiger partial charge in [0.2, 0.25) is 0 Å². The van der Waals surface area contributed by atoms with Crippen LogP contribution in [0.5, 0.6) is 0 Å². The van der Waals surface area contributed by atoms with Crippen LogP contribution in [0.1, 0.15) is 33.6 Å². The van der Waals surface area contributed by atoms with Crippen molar-refractivity contribution in [2.45, 2.75) is 18.9 Å². The largest absolute Gasteiger partial charge is 0.396 e. The lowest BCUT2D eigenvalue weighted by Crippen LogP contribution is -2.42. The van der Waals surface area contributed by atoms with Gasteiger partial charge in [0, 0.05) is 6.61 Å². The van der Waals surface area contributed by atoms with Crippen LogP contribution in [0.4, 0.5) is 0 Å². The fraction of sp³-hybridized carbons (Fsp3) is 0.385. The number of fused-ring (bicyclic) bond motifs is 1. The first-order valence-electron chi connectivity index (χ1n) is 5.89. The topological polar surface area (TPSA) is 77.8 Å². The van der Waals surface area contributed by atoms with Crippen LogP contribution in [0.25, 0.3) is 0 Å². The third-order valence-corrected chi connectivity index (χ3v) is 3.10. The molecule has 96 valence electrons. The second-order valence-corrected chi connectivity index (χ2v) is 4.23. The Balaban J connectivity index is 2.26. The van der Waals surface area contributed by atoms with Crippen molar-refractivity contribution < 1.29 is 19.8 Å². The first-order chi connectivity index (χ1) is 8.70. The Labute approximate surface area is 105 Å². The molecule has 2 N–H and O–H groups in total. The van der Waals surface area contributed by atoms with Crippen LogP contribution >= 0.6 is 0 Å². The monoisotopic (exact) mass is 249 g/mol. The Morgan fingerprint density at radius 3 is 2.06 bits per heavy atom. The third-order valence-electron chi connectivity index (χ3n) is 3.10. The van der Waals surface area contributed by atoms with Crippen LogP contribution in [-0.4, -0.2) is 46.2 Å². The molecular weight excluding hydrogens is 234 g/mol. The van der Waals surface area contributed by atoms with Crippen molar-refractivity contribution in [1.29, 1.82) is 0 Å². The van der Waals surface area contributed by atoms with E-state index in [1.807, 2.05) is 0 Å². The molecular formula is C13H15NO4. The highest BCUT2D eigenvalue weighted by Gasteiger charge is 2.39. The number of aliphatic hydroxyl groups excluding tert-OH is 2. The smallest absolute Gasteiger partial charge is 0.261 e. The minimum absolute atomic E-state index is 0.0281. The lowest BCUT2D eigenvalue weighted by Gasteiger charge is -2.24. The van der Waals surface area contributed by atoms with Crippen molar-refractivity contribution in [2.75, 3.05) is 13.2 Å². The van der Waals surface area contributed by atoms with E-state index < -0.39 is 6.04 Å². The number of carbonyl (C=O) groups is 2. The number of carbonyl (C=O) groups excluding carboxylic acids is 2. The Bertz CT molecular complexity index is 437. The highest BCUT2D eigenvalue weighted by Crippen LogP contribution is 2.25. The van der Waals surface area contributed by atoms with Crippen molar-refractivity contribution in [2.24, 2.45) is 0 Å². The van der Waals surface area contributed by atoms with E-state index in [1.54, 1.807) is 24.3 Å². The molecule has 1 heterocycles. The number of aliphatic hydroxyl groups is 2. The molecule has 1 aliphatic rings. The molecule has 0 saturated heterocycles. The summed E-state index contributed by atoms with van der Waals surface area (Å²) >= 11 is 0. The van der Waals surface area contributed by atoms with Gasteiger partial charge >= 0.3 is 0 Å². The second kappa shape index (κ2) is 5.29. The molecule has 0 unspecified atom stereocenters. The average Bonchev–Trinajstić information content (AvgIpc) is 2.65. The van der Waals surface area contributed by atoms with E-state index in [-0.39, 0.29) is 25.0 Å². The van der Waals surface area contributed by atoms with Crippen LogP contribution in [0.15, 0.2) is 24.3 Å². The van der Waals surface area contributed by atoms with Crippen LogP contribution in [0.3, 0.4) is 0 Å². The summed E-state index contributed by atoms with van der Waals surface area (Å²) in [6.07, 6.45) is 0.844. The summed E-state index contributed by atoms with van der Waals surface area (Å²) in [7, 11) is 0. The summed E-state index contributed by atoms with van der Waals surface area (Å²) < 4.78 is 0. The summed E-state index contributed by atoms with van der Waals surface area (Å²) in [5, 5.41) is 18.1. The molecule has 0 radical (unpaired) electrons. The Hall–Kier alpha value is -1.72. The van der Waals surface area contributed by atoms with E-state index in [0.717, 1.165) is 4.90 Å². The minimum atomic E-state index is -0.565. The molecule has 1 aromatic carbocycles. The molecule has 0 aromatic heterocycles. The van der Waals surface area contributed by atoms with Gasteiger partial charge in [-0.15, -0.1) is 0 Å². The maximum Gasteiger partial charge on any atom is 0.261 e. The Morgan fingerprint density at radius 2 is 1.61 bits per heavy atom. The Morgan fingerprint density at radius 1 is 1.06 bits per heavy atom. The number of benzene rings is 1. The van der Waals surface area contributed by atoms with Gasteiger partial charge in [-0.3, -0.25) is 14.5 Å². The summed E-state index contributed by atoms with van der Waals surface area (Å²) in [6.45, 7) is -0.314. The number of imide groups is 1. The number of rotatable bonds is 5. The van der Waals surface area contributed by atoms with E-state index in [9.17, 15) is 14.7 Å². The molecule has 0 spiro atoms. The Kier molecular flexibility index (Phi) is 3.74. The molecule has 0 fully saturated rings. The van der Waals surface area contributed by atoms with Gasteiger partial charge in [0.25, 0.3) is 11.8 Å². The van der Waals surface area contributed by atoms with E-state index in [1.165, 1.54) is 0 Å². The van der Waals surface area contributed by atoms with Gasteiger partial charge in [-0.25, -0.2) is 0 Å². The highest BCUT2D eigenvalue weighted by atomic mass is 16.3. The van der Waals surface area contributed by atoms with E-state index >= 15 is 0 Å². The number of hydrogen-bond donors (Lipinski definition) is 2. The average molecular weight is 249 g/mol. The van der Waals surface area contributed by atoms with Gasteiger partial charge in [-0.05, 0) is 25.0 Å². The summed E-state index contributed by atoms with van der Waals surface area (Å²) in [5.74, 6) is -0.736. The molecule has 5 nitrogen and oxygen atoms in total. The van der Waals surface area contributed by atoms with E-state index in [2.05, 4.69) is 0 Å². The SMILES string of the molecule is O=C1c2ccccc2C(=O)N1[C@@H](CO)CCCO. The van der Waals surface area contributed by atoms with Crippen molar-refractivity contribution in [3.8, 4) is 0 Å². The zero-order valence-electron chi connectivity index (χ0n) is 9.87. The van der Waals surface area contributed by atoms with Gasteiger partial charge in [0.15, 0.2) is 0 Å². The molecule has 1 atom stereocenters. The maximum absolute atomic E-state index is 12.1. The fourth-order valence-electron chi connectivity index (χ4n) is 2.17. The summed E-state index contributed by atoms with van der Waals surface area (Å²) in [4.78, 5) is 25.3. The summed E-state index contributed by atoms with van der Waals surface area (Å²) in [5.41, 5.74) is 0.759. The predicted octanol–water partition coefficient (Wildman–Crippen LogP) is 0.416. The number of amides is 2. The van der Waals surface area contributed by atoms with Crippen LogP contribution < -0.4 is 0 Å². The molecule has 0 aliphatic carbocycles. The molecule has 2 rings (SSSR count). The lowest BCUT2D eigenvalue weighted by molar-refractivity contribution is 0.0495. The minimum Gasteiger partial charge on any atom is -0.396 e. The van der Waals surface area contributed by atoms with Crippen molar-refractivity contribution in [3.63, 3.8) is 0 Å². The second-order valence-electron chi connectivity index (χ2n) is 4.23. The zero-order chi connectivity index (χ0) is 13.1. The van der Waals surface area contributed by atoms with Gasteiger partial charge < -0.3 is 10.2 Å². The van der Waals surface area contributed by atoms with Gasteiger partial charge in [-0.1, -0.05) is 12.1 Å². The quantitative estimate of drug-likeness (QED) is 0.741. The lowest BCUT2D eigenvalue weighted by atomic mass is 10.1. The maximum atomic E-state index is 12.1. The van der Waals surface area contributed by atoms with Crippen molar-refractivity contribution in [3.05, 3.63) is 35.4 Å². The number of nitrogens with zero attached hydrogens (tertiary/aromatic N) is 1. The predicted molar refractivity (Wildman–Crippen MR) is 64.1 cm³/mol. The standard InChI is InChI=1S/C13H15NO4/c15-7-3-4-9(8-16)14-12(17)10-5-1-2-6-11(10)13(14)18/h1-2,5-6,9,15-16H,3-4,7-8H2/t9-/m1/s1. The van der Waals surface area contributed by atoms with Crippen LogP contribution in [0, 0.1) is 0 Å². The van der Waals surface area contributed by atoms with E-state index in [4.69, 9.17) is 5.11 Å². The highest BCUT2D eigenvalue weighted by molar-refractivity contribution is 6.21. The van der Waals surface area contributed by atoms with Gasteiger partial charge in [0.05, 0.1) is 23.8 Å². The van der Waals surface area contributed by atoms with E-state index in [0.29, 0.717) is 24.0 Å². The van der Waals surface area contributed by atoms with Crippen molar-refractivity contribution >= 4 is 11.8 Å². The van der Waals surface area contributed by atoms with Gasteiger partial charge in [-0.2, -0.15) is 0 Å². The molecule has 18 heavy (non-hydrogen) atoms. The molecule has 1 aliphatic heterocycles.